The molecule has 0 saturated heterocycles. The van der Waals surface area contributed by atoms with Crippen molar-refractivity contribution in [1.29, 1.82) is 0 Å². The number of aromatic amines is 1. The van der Waals surface area contributed by atoms with Crippen LogP contribution in [0.25, 0.3) is 0 Å². The van der Waals surface area contributed by atoms with E-state index in [4.69, 9.17) is 16.7 Å². The molecule has 0 aromatic carbocycles. The second-order valence-electron chi connectivity index (χ2n) is 2.03. The van der Waals surface area contributed by atoms with Crippen molar-refractivity contribution < 1.29 is 13.9 Å². The smallest absolute Gasteiger partial charge is 0.279 e. The summed E-state index contributed by atoms with van der Waals surface area (Å²) in [6.07, 6.45) is -2.08. The summed E-state index contributed by atoms with van der Waals surface area (Å²) in [5, 5.41) is 8.06. The Labute approximate surface area is 70.6 Å². The van der Waals surface area contributed by atoms with Gasteiger partial charge in [-0.1, -0.05) is 11.6 Å². The molecule has 0 amide bonds. The highest BCUT2D eigenvalue weighted by molar-refractivity contribution is 6.31. The Kier molecular flexibility index (Phi) is 2.32. The third kappa shape index (κ3) is 1.40. The topological polar surface area (TPSA) is 53.1 Å². The Morgan fingerprint density at radius 1 is 1.58 bits per heavy atom. The number of aromatic nitrogens is 1. The first-order valence-corrected chi connectivity index (χ1v) is 3.30. The number of H-pyrrole nitrogens is 1. The molecule has 1 aromatic heterocycles. The normalized spacial score (nSPS) is 10.7. The standard InChI is InChI=1S/C6H4ClF2NO2/c7-3-4(6(8)9)10-1-2(11)5(3)12/h1,6,11H,(H,10,12). The maximum absolute atomic E-state index is 12.0. The van der Waals surface area contributed by atoms with Gasteiger partial charge in [0.05, 0.1) is 0 Å². The fourth-order valence-electron chi connectivity index (χ4n) is 0.669. The lowest BCUT2D eigenvalue weighted by Crippen LogP contribution is -2.06. The van der Waals surface area contributed by atoms with Crippen LogP contribution in [0.2, 0.25) is 5.02 Å². The third-order valence-corrected chi connectivity index (χ3v) is 1.63. The first-order valence-electron chi connectivity index (χ1n) is 2.92. The lowest BCUT2D eigenvalue weighted by atomic mass is 10.3. The molecule has 12 heavy (non-hydrogen) atoms. The monoisotopic (exact) mass is 195 g/mol. The first-order chi connectivity index (χ1) is 5.54. The van der Waals surface area contributed by atoms with E-state index in [0.717, 1.165) is 6.20 Å². The largest absolute Gasteiger partial charge is 0.503 e. The van der Waals surface area contributed by atoms with Gasteiger partial charge in [0.25, 0.3) is 6.43 Å². The Morgan fingerprint density at radius 3 is 2.67 bits per heavy atom. The molecule has 1 rings (SSSR count). The first kappa shape index (κ1) is 8.99. The van der Waals surface area contributed by atoms with E-state index >= 15 is 0 Å². The number of halogens is 3. The van der Waals surface area contributed by atoms with Crippen LogP contribution in [0.5, 0.6) is 5.75 Å². The fraction of sp³-hybridized carbons (Fsp3) is 0.167. The summed E-state index contributed by atoms with van der Waals surface area (Å²) in [6.45, 7) is 0. The van der Waals surface area contributed by atoms with Crippen LogP contribution in [0, 0.1) is 0 Å². The summed E-state index contributed by atoms with van der Waals surface area (Å²) in [6, 6.07) is 0. The molecule has 0 spiro atoms. The second kappa shape index (κ2) is 3.10. The minimum absolute atomic E-state index is 0.676. The number of pyridine rings is 1. The summed E-state index contributed by atoms with van der Waals surface area (Å²) >= 11 is 5.21. The lowest BCUT2D eigenvalue weighted by Gasteiger charge is -2.01. The van der Waals surface area contributed by atoms with Gasteiger partial charge in [0.2, 0.25) is 5.43 Å². The van der Waals surface area contributed by atoms with Gasteiger partial charge in [0.1, 0.15) is 10.7 Å². The number of rotatable bonds is 1. The van der Waals surface area contributed by atoms with Crippen LogP contribution in [0.1, 0.15) is 12.1 Å². The molecule has 0 aliphatic heterocycles. The molecule has 1 heterocycles. The van der Waals surface area contributed by atoms with E-state index in [0.29, 0.717) is 0 Å². The van der Waals surface area contributed by atoms with Crippen molar-refractivity contribution in [2.24, 2.45) is 0 Å². The molecule has 0 atom stereocenters. The molecule has 0 unspecified atom stereocenters. The number of hydrogen-bond donors (Lipinski definition) is 2. The van der Waals surface area contributed by atoms with Crippen molar-refractivity contribution in [3.63, 3.8) is 0 Å². The second-order valence-corrected chi connectivity index (χ2v) is 2.41. The van der Waals surface area contributed by atoms with Gasteiger partial charge in [-0.05, 0) is 0 Å². The van der Waals surface area contributed by atoms with Gasteiger partial charge >= 0.3 is 0 Å². The lowest BCUT2D eigenvalue weighted by molar-refractivity contribution is 0.146. The van der Waals surface area contributed by atoms with Crippen LogP contribution in [-0.4, -0.2) is 10.1 Å². The molecule has 6 heteroatoms. The van der Waals surface area contributed by atoms with Crippen molar-refractivity contribution in [2.45, 2.75) is 6.43 Å². The number of alkyl halides is 2. The van der Waals surface area contributed by atoms with Gasteiger partial charge in [-0.3, -0.25) is 4.79 Å². The highest BCUT2D eigenvalue weighted by Crippen LogP contribution is 2.22. The average molecular weight is 196 g/mol. The van der Waals surface area contributed by atoms with Crippen LogP contribution < -0.4 is 5.43 Å². The summed E-state index contributed by atoms with van der Waals surface area (Å²) in [5.74, 6) is -0.676. The molecular formula is C6H4ClF2NO2. The highest BCUT2D eigenvalue weighted by atomic mass is 35.5. The van der Waals surface area contributed by atoms with Crippen molar-refractivity contribution in [3.8, 4) is 5.75 Å². The Bertz CT molecular complexity index is 350. The van der Waals surface area contributed by atoms with E-state index in [1.807, 2.05) is 4.98 Å². The predicted molar refractivity (Wildman–Crippen MR) is 38.7 cm³/mol. The molecule has 0 saturated carbocycles. The van der Waals surface area contributed by atoms with Crippen molar-refractivity contribution in [3.05, 3.63) is 27.1 Å². The van der Waals surface area contributed by atoms with Crippen LogP contribution in [-0.2, 0) is 0 Å². The van der Waals surface area contributed by atoms with E-state index < -0.39 is 28.3 Å². The molecular weight excluding hydrogens is 192 g/mol. The number of nitrogens with one attached hydrogen (secondary N) is 1. The summed E-state index contributed by atoms with van der Waals surface area (Å²) in [7, 11) is 0. The van der Waals surface area contributed by atoms with Crippen LogP contribution >= 0.6 is 11.6 Å². The molecule has 1 aromatic rings. The van der Waals surface area contributed by atoms with E-state index in [-0.39, 0.29) is 0 Å². The quantitative estimate of drug-likeness (QED) is 0.716. The molecule has 0 radical (unpaired) electrons. The maximum Gasteiger partial charge on any atom is 0.279 e. The van der Waals surface area contributed by atoms with Crippen LogP contribution in [0.15, 0.2) is 11.0 Å². The van der Waals surface area contributed by atoms with E-state index in [1.165, 1.54) is 0 Å². The summed E-state index contributed by atoms with van der Waals surface area (Å²) < 4.78 is 24.0. The van der Waals surface area contributed by atoms with E-state index in [9.17, 15) is 13.6 Å². The zero-order valence-electron chi connectivity index (χ0n) is 5.64. The van der Waals surface area contributed by atoms with Gasteiger partial charge in [-0.15, -0.1) is 0 Å². The van der Waals surface area contributed by atoms with E-state index in [2.05, 4.69) is 0 Å². The summed E-state index contributed by atoms with van der Waals surface area (Å²) in [4.78, 5) is 12.8. The van der Waals surface area contributed by atoms with Crippen LogP contribution in [0.4, 0.5) is 8.78 Å². The van der Waals surface area contributed by atoms with Gasteiger partial charge in [-0.2, -0.15) is 0 Å². The molecule has 0 aliphatic carbocycles. The summed E-state index contributed by atoms with van der Waals surface area (Å²) in [5.41, 5.74) is -1.68. The van der Waals surface area contributed by atoms with Gasteiger partial charge in [-0.25, -0.2) is 8.78 Å². The fourth-order valence-corrected chi connectivity index (χ4v) is 0.902. The zero-order chi connectivity index (χ0) is 9.30. The zero-order valence-corrected chi connectivity index (χ0v) is 6.40. The minimum atomic E-state index is -2.86. The average Bonchev–Trinajstić information content (AvgIpc) is 2.00. The van der Waals surface area contributed by atoms with Crippen LogP contribution in [0.3, 0.4) is 0 Å². The molecule has 0 fully saturated rings. The van der Waals surface area contributed by atoms with Gasteiger partial charge in [0, 0.05) is 6.20 Å². The maximum atomic E-state index is 12.0. The number of aromatic hydroxyl groups is 1. The Balaban J connectivity index is 3.37. The number of hydrogen-bond acceptors (Lipinski definition) is 2. The highest BCUT2D eigenvalue weighted by Gasteiger charge is 2.16. The Morgan fingerprint density at radius 2 is 2.17 bits per heavy atom. The van der Waals surface area contributed by atoms with Gasteiger partial charge in [0.15, 0.2) is 5.75 Å². The minimum Gasteiger partial charge on any atom is -0.503 e. The van der Waals surface area contributed by atoms with Gasteiger partial charge < -0.3 is 10.1 Å². The van der Waals surface area contributed by atoms with Crippen molar-refractivity contribution in [2.75, 3.05) is 0 Å². The van der Waals surface area contributed by atoms with Crippen molar-refractivity contribution in [1.82, 2.24) is 4.98 Å². The third-order valence-electron chi connectivity index (χ3n) is 1.25. The molecule has 66 valence electrons. The van der Waals surface area contributed by atoms with Crippen molar-refractivity contribution >= 4 is 11.6 Å². The molecule has 2 N–H and O–H groups in total. The molecule has 0 bridgehead atoms. The predicted octanol–water partition coefficient (Wildman–Crippen LogP) is 1.67. The molecule has 3 nitrogen and oxygen atoms in total. The van der Waals surface area contributed by atoms with E-state index in [1.54, 1.807) is 0 Å². The Hall–Kier alpha value is -1.10. The molecule has 0 aliphatic rings. The SMILES string of the molecule is O=c1c(O)c[nH]c(C(F)F)c1Cl.